The van der Waals surface area contributed by atoms with Gasteiger partial charge in [0.2, 0.25) is 0 Å². The summed E-state index contributed by atoms with van der Waals surface area (Å²) in [6.45, 7) is 3.55. The molecule has 0 aliphatic carbocycles. The number of rotatable bonds is 4. The van der Waals surface area contributed by atoms with Crippen molar-refractivity contribution >= 4 is 9.84 Å². The molecule has 0 amide bonds. The molecular weight excluding hydrogens is 306 g/mol. The number of hydrogen-bond acceptors (Lipinski definition) is 6. The van der Waals surface area contributed by atoms with Crippen LogP contribution < -0.4 is 9.47 Å². The van der Waals surface area contributed by atoms with Crippen molar-refractivity contribution in [3.63, 3.8) is 0 Å². The molecule has 118 valence electrons. The number of ether oxygens (including phenoxy) is 2. The van der Waals surface area contributed by atoms with Gasteiger partial charge in [-0.2, -0.15) is 5.10 Å². The number of fused-ring (bicyclic) bond motifs is 1. The largest absolute Gasteiger partial charge is 0.490 e. The minimum Gasteiger partial charge on any atom is -0.490 e. The summed E-state index contributed by atoms with van der Waals surface area (Å²) < 4.78 is 37.7. The maximum absolute atomic E-state index is 12.6. The van der Waals surface area contributed by atoms with E-state index in [-0.39, 0.29) is 10.6 Å². The van der Waals surface area contributed by atoms with Gasteiger partial charge in [-0.15, -0.1) is 0 Å². The second-order valence-electron chi connectivity index (χ2n) is 4.91. The van der Waals surface area contributed by atoms with Crippen LogP contribution in [0.3, 0.4) is 0 Å². The van der Waals surface area contributed by atoms with Crippen molar-refractivity contribution in [3.05, 3.63) is 30.4 Å². The number of aryl methyl sites for hydroxylation is 1. The van der Waals surface area contributed by atoms with Gasteiger partial charge in [-0.1, -0.05) is 0 Å². The normalized spacial score (nSPS) is 14.6. The van der Waals surface area contributed by atoms with Crippen molar-refractivity contribution in [1.29, 1.82) is 0 Å². The minimum atomic E-state index is -3.52. The Bertz CT molecular complexity index is 770. The Morgan fingerprint density at radius 3 is 2.77 bits per heavy atom. The lowest BCUT2D eigenvalue weighted by atomic mass is 10.3. The third kappa shape index (κ3) is 2.92. The molecule has 0 radical (unpaired) electrons. The summed E-state index contributed by atoms with van der Waals surface area (Å²) in [6.07, 6.45) is 2.14. The molecule has 0 spiro atoms. The molecule has 1 aromatic heterocycles. The molecule has 0 saturated heterocycles. The summed E-state index contributed by atoms with van der Waals surface area (Å²) in [5, 5.41) is 3.99. The summed E-state index contributed by atoms with van der Waals surface area (Å²) in [6, 6.07) is 4.69. The van der Waals surface area contributed by atoms with Crippen LogP contribution in [0.4, 0.5) is 0 Å². The molecule has 0 saturated carbocycles. The van der Waals surface area contributed by atoms with Crippen molar-refractivity contribution in [2.45, 2.75) is 30.5 Å². The van der Waals surface area contributed by atoms with E-state index < -0.39 is 9.84 Å². The number of hydrogen-bond donors (Lipinski definition) is 0. The first-order valence-electron chi connectivity index (χ1n) is 7.09. The Balaban J connectivity index is 1.91. The number of benzene rings is 1. The lowest BCUT2D eigenvalue weighted by molar-refractivity contribution is 0.297. The zero-order chi connectivity index (χ0) is 15.6. The maximum Gasteiger partial charge on any atom is 0.185 e. The molecule has 2 aromatic rings. The topological polar surface area (TPSA) is 83.3 Å². The number of nitrogens with zero attached hydrogens (tertiary/aromatic N) is 3. The molecule has 1 aliphatic rings. The van der Waals surface area contributed by atoms with Crippen LogP contribution in [0, 0.1) is 0 Å². The average molecular weight is 323 g/mol. The van der Waals surface area contributed by atoms with Gasteiger partial charge in [0.15, 0.2) is 21.3 Å². The van der Waals surface area contributed by atoms with Crippen LogP contribution in [-0.4, -0.2) is 36.4 Å². The lowest BCUT2D eigenvalue weighted by Crippen LogP contribution is -2.11. The van der Waals surface area contributed by atoms with Crippen LogP contribution in [0.2, 0.25) is 0 Å². The van der Waals surface area contributed by atoms with E-state index in [1.165, 1.54) is 18.5 Å². The smallest absolute Gasteiger partial charge is 0.185 e. The molecular formula is C14H17N3O4S. The van der Waals surface area contributed by atoms with E-state index in [1.54, 1.807) is 10.7 Å². The van der Waals surface area contributed by atoms with Gasteiger partial charge in [0.1, 0.15) is 17.9 Å². The van der Waals surface area contributed by atoms with Crippen molar-refractivity contribution in [1.82, 2.24) is 14.8 Å². The Hall–Kier alpha value is -2.09. The highest BCUT2D eigenvalue weighted by molar-refractivity contribution is 7.90. The highest BCUT2D eigenvalue weighted by atomic mass is 32.2. The maximum atomic E-state index is 12.6. The molecule has 0 bridgehead atoms. The lowest BCUT2D eigenvalue weighted by Gasteiger charge is -2.10. The Morgan fingerprint density at radius 2 is 2.00 bits per heavy atom. The second kappa shape index (κ2) is 5.96. The molecule has 3 rings (SSSR count). The van der Waals surface area contributed by atoms with Crippen LogP contribution in [0.1, 0.15) is 19.2 Å². The van der Waals surface area contributed by atoms with Crippen molar-refractivity contribution in [2.24, 2.45) is 0 Å². The third-order valence-electron chi connectivity index (χ3n) is 3.39. The van der Waals surface area contributed by atoms with Gasteiger partial charge in [-0.05, 0) is 19.1 Å². The van der Waals surface area contributed by atoms with Crippen LogP contribution >= 0.6 is 0 Å². The van der Waals surface area contributed by atoms with E-state index in [9.17, 15) is 8.42 Å². The molecule has 1 aliphatic heterocycles. The van der Waals surface area contributed by atoms with Crippen molar-refractivity contribution in [3.8, 4) is 11.5 Å². The van der Waals surface area contributed by atoms with Crippen LogP contribution in [0.15, 0.2) is 29.4 Å². The van der Waals surface area contributed by atoms with E-state index in [0.29, 0.717) is 37.1 Å². The standard InChI is InChI=1S/C14H17N3O4S/c1-2-17-14(15-10-16-17)9-22(18,19)11-4-5-12-13(8-11)21-7-3-6-20-12/h4-5,8,10H,2-3,6-7,9H2,1H3. The molecule has 22 heavy (non-hydrogen) atoms. The van der Waals surface area contributed by atoms with Gasteiger partial charge in [-0.3, -0.25) is 0 Å². The van der Waals surface area contributed by atoms with E-state index >= 15 is 0 Å². The fourth-order valence-corrected chi connectivity index (χ4v) is 3.55. The quantitative estimate of drug-likeness (QED) is 0.846. The van der Waals surface area contributed by atoms with Crippen molar-refractivity contribution in [2.75, 3.05) is 13.2 Å². The van der Waals surface area contributed by atoms with Gasteiger partial charge in [-0.25, -0.2) is 18.1 Å². The Kier molecular flexibility index (Phi) is 4.02. The second-order valence-corrected chi connectivity index (χ2v) is 6.90. The highest BCUT2D eigenvalue weighted by Gasteiger charge is 2.21. The van der Waals surface area contributed by atoms with Gasteiger partial charge < -0.3 is 9.47 Å². The molecule has 1 aromatic carbocycles. The van der Waals surface area contributed by atoms with Crippen molar-refractivity contribution < 1.29 is 17.9 Å². The molecule has 0 fully saturated rings. The SMILES string of the molecule is CCn1ncnc1CS(=O)(=O)c1ccc2c(c1)OCCCO2. The van der Waals surface area contributed by atoms with Gasteiger partial charge in [0.05, 0.1) is 18.1 Å². The molecule has 8 heteroatoms. The summed E-state index contributed by atoms with van der Waals surface area (Å²) in [5.41, 5.74) is 0. The fraction of sp³-hybridized carbons (Fsp3) is 0.429. The first kappa shape index (κ1) is 14.8. The first-order valence-corrected chi connectivity index (χ1v) is 8.74. The first-order chi connectivity index (χ1) is 10.6. The summed E-state index contributed by atoms with van der Waals surface area (Å²) in [4.78, 5) is 4.21. The van der Waals surface area contributed by atoms with E-state index in [0.717, 1.165) is 6.42 Å². The molecule has 0 atom stereocenters. The minimum absolute atomic E-state index is 0.194. The molecule has 7 nitrogen and oxygen atoms in total. The molecule has 2 heterocycles. The van der Waals surface area contributed by atoms with Gasteiger partial charge >= 0.3 is 0 Å². The summed E-state index contributed by atoms with van der Waals surface area (Å²) in [7, 11) is -3.52. The van der Waals surface area contributed by atoms with E-state index in [1.807, 2.05) is 6.92 Å². The van der Waals surface area contributed by atoms with Crippen LogP contribution in [-0.2, 0) is 22.1 Å². The zero-order valence-electron chi connectivity index (χ0n) is 12.2. The predicted molar refractivity (Wildman–Crippen MR) is 78.6 cm³/mol. The average Bonchev–Trinajstić information content (AvgIpc) is 2.80. The Labute approximate surface area is 128 Å². The number of sulfone groups is 1. The number of aromatic nitrogens is 3. The predicted octanol–water partition coefficient (Wildman–Crippen LogP) is 1.43. The van der Waals surface area contributed by atoms with Gasteiger partial charge in [0, 0.05) is 19.0 Å². The zero-order valence-corrected chi connectivity index (χ0v) is 13.0. The molecule has 0 unspecified atom stereocenters. The fourth-order valence-electron chi connectivity index (χ4n) is 2.25. The summed E-state index contributed by atoms with van der Waals surface area (Å²) in [5.74, 6) is 1.28. The third-order valence-corrected chi connectivity index (χ3v) is 5.00. The van der Waals surface area contributed by atoms with Crippen LogP contribution in [0.25, 0.3) is 0 Å². The monoisotopic (exact) mass is 323 g/mol. The van der Waals surface area contributed by atoms with E-state index in [4.69, 9.17) is 9.47 Å². The van der Waals surface area contributed by atoms with Gasteiger partial charge in [0.25, 0.3) is 0 Å². The summed E-state index contributed by atoms with van der Waals surface area (Å²) >= 11 is 0. The van der Waals surface area contributed by atoms with Crippen LogP contribution in [0.5, 0.6) is 11.5 Å². The van der Waals surface area contributed by atoms with E-state index in [2.05, 4.69) is 10.1 Å². The Morgan fingerprint density at radius 1 is 1.23 bits per heavy atom. The molecule has 0 N–H and O–H groups in total. The highest BCUT2D eigenvalue weighted by Crippen LogP contribution is 2.32.